The van der Waals surface area contributed by atoms with E-state index in [1.54, 1.807) is 4.57 Å². The van der Waals surface area contributed by atoms with E-state index in [0.29, 0.717) is 0 Å². The number of rotatable bonds is 2. The van der Waals surface area contributed by atoms with Gasteiger partial charge in [-0.3, -0.25) is 0 Å². The quantitative estimate of drug-likeness (QED) is 0.494. The summed E-state index contributed by atoms with van der Waals surface area (Å²) in [7, 11) is 0. The fourth-order valence-corrected chi connectivity index (χ4v) is 1.28. The van der Waals surface area contributed by atoms with Crippen molar-refractivity contribution in [2.75, 3.05) is 0 Å². The number of imidazole rings is 1. The topological polar surface area (TPSA) is 57.9 Å². The number of carbonyl (C=O) groups is 1. The largest absolute Gasteiger partial charge is 1.00 e. The third-order valence-electron chi connectivity index (χ3n) is 1.83. The number of fused-ring (bicyclic) bond motifs is 1. The van der Waals surface area contributed by atoms with Crippen LogP contribution in [0.3, 0.4) is 0 Å². The fraction of sp³-hybridized carbons (Fsp3) is 0.111. The van der Waals surface area contributed by atoms with Crippen molar-refractivity contribution in [3.05, 3.63) is 30.6 Å². The zero-order chi connectivity index (χ0) is 9.26. The van der Waals surface area contributed by atoms with Gasteiger partial charge in [-0.05, 0) is 12.1 Å². The van der Waals surface area contributed by atoms with E-state index in [1.807, 2.05) is 24.3 Å². The Bertz CT molecular complexity index is 453. The van der Waals surface area contributed by atoms with Crippen LogP contribution in [0.2, 0.25) is 0 Å². The van der Waals surface area contributed by atoms with Gasteiger partial charge in [-0.25, -0.2) is 4.98 Å². The van der Waals surface area contributed by atoms with Crippen LogP contribution in [0.25, 0.3) is 11.0 Å². The van der Waals surface area contributed by atoms with Crippen LogP contribution >= 0.6 is 0 Å². The van der Waals surface area contributed by atoms with Crippen molar-refractivity contribution < 1.29 is 61.3 Å². The minimum absolute atomic E-state index is 0. The average molecular weight is 214 g/mol. The van der Waals surface area contributed by atoms with Crippen LogP contribution in [-0.4, -0.2) is 15.5 Å². The first kappa shape index (κ1) is 11.9. The van der Waals surface area contributed by atoms with Gasteiger partial charge >= 0.3 is 51.4 Å². The minimum atomic E-state index is -1.11. The van der Waals surface area contributed by atoms with Gasteiger partial charge in [-0.2, -0.15) is 0 Å². The Hall–Kier alpha value is -0.204. The predicted molar refractivity (Wildman–Crippen MR) is 44.7 cm³/mol. The number of aliphatic carboxylic acids is 1. The second kappa shape index (κ2) is 5.04. The van der Waals surface area contributed by atoms with Crippen molar-refractivity contribution in [3.63, 3.8) is 0 Å². The molecule has 0 atom stereocenters. The van der Waals surface area contributed by atoms with E-state index in [9.17, 15) is 9.90 Å². The first-order valence-electron chi connectivity index (χ1n) is 3.87. The zero-order valence-electron chi connectivity index (χ0n) is 7.80. The van der Waals surface area contributed by atoms with Crippen molar-refractivity contribution >= 4 is 17.0 Å². The molecule has 66 valence electrons. The third-order valence-corrected chi connectivity index (χ3v) is 1.83. The summed E-state index contributed by atoms with van der Waals surface area (Å²) in [6, 6.07) is 7.36. The Labute approximate surface area is 123 Å². The summed E-state index contributed by atoms with van der Waals surface area (Å²) >= 11 is 0. The van der Waals surface area contributed by atoms with Gasteiger partial charge in [0.05, 0.1) is 29.9 Å². The first-order chi connectivity index (χ1) is 6.27. The van der Waals surface area contributed by atoms with Gasteiger partial charge in [0.1, 0.15) is 0 Å². The van der Waals surface area contributed by atoms with Crippen LogP contribution in [0.5, 0.6) is 0 Å². The number of para-hydroxylation sites is 2. The van der Waals surface area contributed by atoms with Crippen LogP contribution in [0.4, 0.5) is 0 Å². The molecule has 0 spiro atoms. The normalized spacial score (nSPS) is 9.71. The monoisotopic (exact) mass is 214 g/mol. The summed E-state index contributed by atoms with van der Waals surface area (Å²) in [6.45, 7) is -0.152. The van der Waals surface area contributed by atoms with Gasteiger partial charge in [0, 0.05) is 0 Å². The van der Waals surface area contributed by atoms with E-state index in [4.69, 9.17) is 0 Å². The molecule has 1 aromatic heterocycles. The molecule has 0 aliphatic rings. The van der Waals surface area contributed by atoms with Gasteiger partial charge in [-0.1, -0.05) is 12.1 Å². The molecule has 0 aliphatic carbocycles. The van der Waals surface area contributed by atoms with Crippen LogP contribution < -0.4 is 56.5 Å². The Morgan fingerprint density at radius 1 is 1.43 bits per heavy atom. The first-order valence-corrected chi connectivity index (χ1v) is 3.87. The van der Waals surface area contributed by atoms with Gasteiger partial charge in [0.25, 0.3) is 0 Å². The van der Waals surface area contributed by atoms with Gasteiger partial charge in [0.2, 0.25) is 0 Å². The van der Waals surface area contributed by atoms with Crippen molar-refractivity contribution in [1.82, 2.24) is 9.55 Å². The number of hydrogen-bond donors (Lipinski definition) is 0. The molecule has 0 radical (unpaired) electrons. The smallest absolute Gasteiger partial charge is 0.548 e. The second-order valence-corrected chi connectivity index (χ2v) is 2.73. The number of hydrogen-bond acceptors (Lipinski definition) is 3. The molecular formula is C9H7KN2O2. The summed E-state index contributed by atoms with van der Waals surface area (Å²) in [5, 5.41) is 10.4. The maximum atomic E-state index is 10.4. The number of carbonyl (C=O) groups excluding carboxylic acids is 1. The maximum absolute atomic E-state index is 10.4. The van der Waals surface area contributed by atoms with Crippen molar-refractivity contribution in [3.8, 4) is 0 Å². The standard InChI is InChI=1S/C9H8N2O2.K/c12-9(13)5-11-6-10-7-3-1-2-4-8(7)11;/h1-4,6H,5H2,(H,12,13);/q;+1/p-1. The number of nitrogens with zero attached hydrogens (tertiary/aromatic N) is 2. The molecule has 14 heavy (non-hydrogen) atoms. The molecule has 0 amide bonds. The zero-order valence-corrected chi connectivity index (χ0v) is 10.9. The number of carboxylic acids is 1. The third kappa shape index (κ3) is 2.43. The molecule has 1 aromatic carbocycles. The fourth-order valence-electron chi connectivity index (χ4n) is 1.28. The second-order valence-electron chi connectivity index (χ2n) is 2.73. The molecular weight excluding hydrogens is 207 g/mol. The number of aromatic nitrogens is 2. The Morgan fingerprint density at radius 3 is 2.86 bits per heavy atom. The predicted octanol–water partition coefficient (Wildman–Crippen LogP) is -3.21. The van der Waals surface area contributed by atoms with Crippen LogP contribution in [0.15, 0.2) is 30.6 Å². The Balaban J connectivity index is 0.000000980. The Morgan fingerprint density at radius 2 is 2.14 bits per heavy atom. The van der Waals surface area contributed by atoms with Crippen molar-refractivity contribution in [1.29, 1.82) is 0 Å². The minimum Gasteiger partial charge on any atom is -0.548 e. The molecule has 0 saturated carbocycles. The number of carboxylic acid groups (broad SMARTS) is 1. The molecule has 2 rings (SSSR count). The van der Waals surface area contributed by atoms with E-state index < -0.39 is 5.97 Å². The van der Waals surface area contributed by atoms with E-state index in [-0.39, 0.29) is 57.9 Å². The molecule has 1 heterocycles. The molecule has 0 aliphatic heterocycles. The summed E-state index contributed by atoms with van der Waals surface area (Å²) in [6.07, 6.45) is 1.50. The SMILES string of the molecule is O=C([O-])Cn1cnc2ccccc21.[K+]. The average Bonchev–Trinajstić information content (AvgIpc) is 2.48. The molecule has 0 bridgehead atoms. The molecule has 0 fully saturated rings. The molecule has 0 N–H and O–H groups in total. The van der Waals surface area contributed by atoms with Crippen LogP contribution in [-0.2, 0) is 11.3 Å². The molecule has 2 aromatic rings. The molecule has 0 unspecified atom stereocenters. The van der Waals surface area contributed by atoms with Crippen LogP contribution in [0, 0.1) is 0 Å². The van der Waals surface area contributed by atoms with Crippen LogP contribution in [0.1, 0.15) is 0 Å². The van der Waals surface area contributed by atoms with Gasteiger partial charge in [-0.15, -0.1) is 0 Å². The summed E-state index contributed by atoms with van der Waals surface area (Å²) in [5.74, 6) is -1.11. The molecule has 5 heteroatoms. The van der Waals surface area contributed by atoms with E-state index in [1.165, 1.54) is 6.33 Å². The van der Waals surface area contributed by atoms with E-state index in [0.717, 1.165) is 11.0 Å². The summed E-state index contributed by atoms with van der Waals surface area (Å²) < 4.78 is 1.55. The summed E-state index contributed by atoms with van der Waals surface area (Å²) in [5.41, 5.74) is 1.61. The van der Waals surface area contributed by atoms with E-state index >= 15 is 0 Å². The molecule has 0 saturated heterocycles. The van der Waals surface area contributed by atoms with Crippen molar-refractivity contribution in [2.45, 2.75) is 6.54 Å². The maximum Gasteiger partial charge on any atom is 1.00 e. The summed E-state index contributed by atoms with van der Waals surface area (Å²) in [4.78, 5) is 14.4. The van der Waals surface area contributed by atoms with E-state index in [2.05, 4.69) is 4.98 Å². The Kier molecular flexibility index (Phi) is 4.27. The van der Waals surface area contributed by atoms with Gasteiger partial charge in [0.15, 0.2) is 0 Å². The number of benzene rings is 1. The van der Waals surface area contributed by atoms with Crippen molar-refractivity contribution in [2.24, 2.45) is 0 Å². The van der Waals surface area contributed by atoms with Gasteiger partial charge < -0.3 is 14.5 Å². The molecule has 4 nitrogen and oxygen atoms in total.